The molecule has 0 aliphatic heterocycles. The number of benzene rings is 1. The zero-order valence-corrected chi connectivity index (χ0v) is 12.6. The fourth-order valence-electron chi connectivity index (χ4n) is 2.08. The van der Waals surface area contributed by atoms with Crippen molar-refractivity contribution < 1.29 is 4.79 Å². The summed E-state index contributed by atoms with van der Waals surface area (Å²) in [4.78, 5) is 16.7. The molecule has 6 heteroatoms. The molecule has 0 unspecified atom stereocenters. The van der Waals surface area contributed by atoms with Crippen LogP contribution in [-0.2, 0) is 6.54 Å². The van der Waals surface area contributed by atoms with Crippen molar-refractivity contribution in [3.63, 3.8) is 0 Å². The number of carbonyl (C=O) groups excluding carboxylic acids is 1. The Kier molecular flexibility index (Phi) is 4.11. The SMILES string of the molecule is C=CCn1/c(=N/NC(=O)c2ccncc2)sc2ccccc21. The lowest BCUT2D eigenvalue weighted by Crippen LogP contribution is -2.24. The molecule has 2 aromatic heterocycles. The van der Waals surface area contributed by atoms with Crippen LogP contribution in [0.15, 0.2) is 66.5 Å². The van der Waals surface area contributed by atoms with E-state index in [1.807, 2.05) is 34.9 Å². The van der Waals surface area contributed by atoms with Gasteiger partial charge in [-0.1, -0.05) is 29.5 Å². The molecule has 1 N–H and O–H groups in total. The van der Waals surface area contributed by atoms with Crippen molar-refractivity contribution in [3.8, 4) is 0 Å². The highest BCUT2D eigenvalue weighted by molar-refractivity contribution is 7.16. The summed E-state index contributed by atoms with van der Waals surface area (Å²) in [6, 6.07) is 11.3. The minimum atomic E-state index is -0.259. The van der Waals surface area contributed by atoms with E-state index in [4.69, 9.17) is 0 Å². The number of carbonyl (C=O) groups is 1. The molecule has 2 heterocycles. The Labute approximate surface area is 131 Å². The Balaban J connectivity index is 1.97. The van der Waals surface area contributed by atoms with Gasteiger partial charge in [-0.25, -0.2) is 5.43 Å². The summed E-state index contributed by atoms with van der Waals surface area (Å²) in [6.07, 6.45) is 4.96. The van der Waals surface area contributed by atoms with Crippen LogP contribution in [0.2, 0.25) is 0 Å². The second-order valence-electron chi connectivity index (χ2n) is 4.54. The van der Waals surface area contributed by atoms with Gasteiger partial charge >= 0.3 is 0 Å². The first-order valence-electron chi connectivity index (χ1n) is 6.73. The molecule has 3 rings (SSSR count). The molecule has 110 valence electrons. The minimum Gasteiger partial charge on any atom is -0.311 e. The fourth-order valence-corrected chi connectivity index (χ4v) is 3.08. The minimum absolute atomic E-state index is 0.259. The molecule has 0 spiro atoms. The normalized spacial score (nSPS) is 11.5. The third-order valence-corrected chi connectivity index (χ3v) is 4.15. The second kappa shape index (κ2) is 6.36. The number of pyridine rings is 1. The van der Waals surface area contributed by atoms with Crippen LogP contribution >= 0.6 is 11.3 Å². The predicted molar refractivity (Wildman–Crippen MR) is 87.3 cm³/mol. The molecule has 5 nitrogen and oxygen atoms in total. The summed E-state index contributed by atoms with van der Waals surface area (Å²) in [6.45, 7) is 4.41. The van der Waals surface area contributed by atoms with E-state index in [1.54, 1.807) is 24.5 Å². The molecule has 0 radical (unpaired) electrons. The molecule has 22 heavy (non-hydrogen) atoms. The van der Waals surface area contributed by atoms with E-state index in [0.717, 1.165) is 15.0 Å². The van der Waals surface area contributed by atoms with Crippen molar-refractivity contribution in [2.24, 2.45) is 5.10 Å². The Morgan fingerprint density at radius 2 is 2.09 bits per heavy atom. The van der Waals surface area contributed by atoms with Gasteiger partial charge in [0, 0.05) is 24.5 Å². The van der Waals surface area contributed by atoms with Crippen LogP contribution in [0.3, 0.4) is 0 Å². The lowest BCUT2D eigenvalue weighted by atomic mass is 10.3. The van der Waals surface area contributed by atoms with Crippen LogP contribution in [0, 0.1) is 0 Å². The number of hydrogen-bond donors (Lipinski definition) is 1. The van der Waals surface area contributed by atoms with Gasteiger partial charge in [0.15, 0.2) is 0 Å². The molecular formula is C16H14N4OS. The third-order valence-electron chi connectivity index (χ3n) is 3.10. The molecule has 0 aliphatic rings. The van der Waals surface area contributed by atoms with Crippen LogP contribution in [0.25, 0.3) is 10.2 Å². The Morgan fingerprint density at radius 3 is 2.86 bits per heavy atom. The van der Waals surface area contributed by atoms with Crippen molar-refractivity contribution in [3.05, 3.63) is 71.8 Å². The van der Waals surface area contributed by atoms with Crippen LogP contribution in [-0.4, -0.2) is 15.5 Å². The van der Waals surface area contributed by atoms with E-state index in [-0.39, 0.29) is 5.91 Å². The maximum Gasteiger partial charge on any atom is 0.271 e. The van der Waals surface area contributed by atoms with E-state index in [9.17, 15) is 4.79 Å². The summed E-state index contributed by atoms with van der Waals surface area (Å²) < 4.78 is 3.13. The largest absolute Gasteiger partial charge is 0.311 e. The number of amides is 1. The van der Waals surface area contributed by atoms with E-state index in [1.165, 1.54) is 11.3 Å². The molecule has 3 aromatic rings. The Morgan fingerprint density at radius 1 is 1.32 bits per heavy atom. The van der Waals surface area contributed by atoms with E-state index < -0.39 is 0 Å². The second-order valence-corrected chi connectivity index (χ2v) is 5.55. The number of thiazole rings is 1. The fraction of sp³-hybridized carbons (Fsp3) is 0.0625. The van der Waals surface area contributed by atoms with Gasteiger partial charge in [-0.3, -0.25) is 9.78 Å². The highest BCUT2D eigenvalue weighted by atomic mass is 32.1. The van der Waals surface area contributed by atoms with E-state index in [0.29, 0.717) is 12.1 Å². The number of rotatable bonds is 4. The number of aromatic nitrogens is 2. The lowest BCUT2D eigenvalue weighted by molar-refractivity contribution is 0.0953. The van der Waals surface area contributed by atoms with E-state index >= 15 is 0 Å². The first kappa shape index (κ1) is 14.2. The molecule has 0 aliphatic carbocycles. The third kappa shape index (κ3) is 2.82. The average Bonchev–Trinajstić information content (AvgIpc) is 2.92. The van der Waals surface area contributed by atoms with Crippen molar-refractivity contribution in [1.82, 2.24) is 15.0 Å². The number of hydrogen-bond acceptors (Lipinski definition) is 4. The number of allylic oxidation sites excluding steroid dienone is 1. The Hall–Kier alpha value is -2.73. The summed E-state index contributed by atoms with van der Waals surface area (Å²) >= 11 is 1.52. The van der Waals surface area contributed by atoms with E-state index in [2.05, 4.69) is 22.1 Å². The van der Waals surface area contributed by atoms with Crippen LogP contribution in [0.5, 0.6) is 0 Å². The van der Waals surface area contributed by atoms with Gasteiger partial charge in [-0.05, 0) is 24.3 Å². The van der Waals surface area contributed by atoms with Crippen LogP contribution in [0.4, 0.5) is 0 Å². The Bertz CT molecular complexity index is 880. The average molecular weight is 310 g/mol. The number of para-hydroxylation sites is 1. The molecule has 0 saturated carbocycles. The highest BCUT2D eigenvalue weighted by Crippen LogP contribution is 2.16. The van der Waals surface area contributed by atoms with Gasteiger partial charge in [0.05, 0.1) is 10.2 Å². The summed E-state index contributed by atoms with van der Waals surface area (Å²) in [7, 11) is 0. The summed E-state index contributed by atoms with van der Waals surface area (Å²) in [5, 5.41) is 4.25. The first-order valence-corrected chi connectivity index (χ1v) is 7.54. The smallest absolute Gasteiger partial charge is 0.271 e. The molecule has 0 bridgehead atoms. The maximum atomic E-state index is 12.0. The first-order chi connectivity index (χ1) is 10.8. The lowest BCUT2D eigenvalue weighted by Gasteiger charge is -2.01. The maximum absolute atomic E-state index is 12.0. The number of nitrogens with one attached hydrogen (secondary N) is 1. The number of nitrogens with zero attached hydrogens (tertiary/aromatic N) is 3. The molecule has 1 amide bonds. The van der Waals surface area contributed by atoms with Gasteiger partial charge in [0.1, 0.15) is 0 Å². The predicted octanol–water partition coefficient (Wildman–Crippen LogP) is 2.53. The van der Waals surface area contributed by atoms with Gasteiger partial charge in [-0.15, -0.1) is 11.7 Å². The molecule has 1 aromatic carbocycles. The molecular weight excluding hydrogens is 296 g/mol. The monoisotopic (exact) mass is 310 g/mol. The van der Waals surface area contributed by atoms with Gasteiger partial charge < -0.3 is 4.57 Å². The zero-order valence-electron chi connectivity index (χ0n) is 11.8. The van der Waals surface area contributed by atoms with Crippen molar-refractivity contribution in [2.75, 3.05) is 0 Å². The quantitative estimate of drug-likeness (QED) is 0.594. The molecule has 0 atom stereocenters. The summed E-state index contributed by atoms with van der Waals surface area (Å²) in [5.74, 6) is -0.259. The van der Waals surface area contributed by atoms with Gasteiger partial charge in [0.25, 0.3) is 5.91 Å². The van der Waals surface area contributed by atoms with Gasteiger partial charge in [-0.2, -0.15) is 0 Å². The standard InChI is InChI=1S/C16H14N4OS/c1-2-11-20-13-5-3-4-6-14(13)22-16(20)19-18-15(21)12-7-9-17-10-8-12/h2-10H,1,11H2,(H,18,21)/b19-16-. The highest BCUT2D eigenvalue weighted by Gasteiger charge is 2.06. The molecule has 0 saturated heterocycles. The molecule has 0 fully saturated rings. The summed E-state index contributed by atoms with van der Waals surface area (Å²) in [5.41, 5.74) is 4.19. The van der Waals surface area contributed by atoms with Crippen molar-refractivity contribution >= 4 is 27.5 Å². The van der Waals surface area contributed by atoms with Crippen LogP contribution < -0.4 is 10.2 Å². The van der Waals surface area contributed by atoms with Crippen molar-refractivity contribution in [1.29, 1.82) is 0 Å². The topological polar surface area (TPSA) is 59.3 Å². The zero-order chi connectivity index (χ0) is 15.4. The van der Waals surface area contributed by atoms with Crippen LogP contribution in [0.1, 0.15) is 10.4 Å². The van der Waals surface area contributed by atoms with Gasteiger partial charge in [0.2, 0.25) is 4.80 Å². The number of fused-ring (bicyclic) bond motifs is 1. The van der Waals surface area contributed by atoms with Crippen molar-refractivity contribution in [2.45, 2.75) is 6.54 Å².